The van der Waals surface area contributed by atoms with Crippen LogP contribution in [-0.4, -0.2) is 19.8 Å². The number of aromatic nitrogens is 2. The highest BCUT2D eigenvalue weighted by Crippen LogP contribution is 2.23. The van der Waals surface area contributed by atoms with Crippen LogP contribution in [0.3, 0.4) is 0 Å². The number of benzene rings is 2. The molecule has 2 atom stereocenters. The third-order valence-corrected chi connectivity index (χ3v) is 3.90. The third-order valence-electron chi connectivity index (χ3n) is 3.90. The molecule has 2 N–H and O–H groups in total. The summed E-state index contributed by atoms with van der Waals surface area (Å²) in [5.74, 6) is 0.480. The molecular formula is C19H17N3O2. The van der Waals surface area contributed by atoms with Crippen molar-refractivity contribution in [3.63, 3.8) is 0 Å². The standard InChI is InChI=1S/C19H17N3O2/c20-12-14-6-8-15(9-7-14)17(23)13-22-11-10-21-19(22)18(24)16-4-2-1-3-5-16/h1-11,17-18,23-24H,13H2. The number of nitriles is 1. The van der Waals surface area contributed by atoms with Crippen molar-refractivity contribution in [2.45, 2.75) is 18.8 Å². The molecule has 0 aliphatic heterocycles. The number of aliphatic hydroxyl groups is 2. The third kappa shape index (κ3) is 3.35. The fourth-order valence-corrected chi connectivity index (χ4v) is 2.58. The van der Waals surface area contributed by atoms with Crippen LogP contribution in [0, 0.1) is 11.3 Å². The highest BCUT2D eigenvalue weighted by Gasteiger charge is 2.18. The van der Waals surface area contributed by atoms with E-state index in [0.717, 1.165) is 5.56 Å². The lowest BCUT2D eigenvalue weighted by atomic mass is 10.1. The van der Waals surface area contributed by atoms with Crippen LogP contribution in [-0.2, 0) is 6.54 Å². The maximum atomic E-state index is 10.5. The summed E-state index contributed by atoms with van der Waals surface area (Å²) in [4.78, 5) is 4.23. The summed E-state index contributed by atoms with van der Waals surface area (Å²) in [6.45, 7) is 0.269. The number of hydrogen-bond donors (Lipinski definition) is 2. The van der Waals surface area contributed by atoms with Gasteiger partial charge in [-0.3, -0.25) is 0 Å². The Morgan fingerprint density at radius 3 is 2.38 bits per heavy atom. The summed E-state index contributed by atoms with van der Waals surface area (Å²) in [7, 11) is 0. The lowest BCUT2D eigenvalue weighted by molar-refractivity contribution is 0.147. The van der Waals surface area contributed by atoms with Crippen LogP contribution < -0.4 is 0 Å². The quantitative estimate of drug-likeness (QED) is 0.757. The van der Waals surface area contributed by atoms with Crippen molar-refractivity contribution < 1.29 is 10.2 Å². The Bertz CT molecular complexity index is 835. The summed E-state index contributed by atoms with van der Waals surface area (Å²) in [6, 6.07) is 18.1. The Labute approximate surface area is 140 Å². The van der Waals surface area contributed by atoms with Crippen molar-refractivity contribution in [3.8, 4) is 6.07 Å². The topological polar surface area (TPSA) is 82.1 Å². The van der Waals surface area contributed by atoms with Crippen LogP contribution in [0.25, 0.3) is 0 Å². The first-order chi connectivity index (χ1) is 11.7. The monoisotopic (exact) mass is 319 g/mol. The fourth-order valence-electron chi connectivity index (χ4n) is 2.58. The predicted molar refractivity (Wildman–Crippen MR) is 88.8 cm³/mol. The Morgan fingerprint density at radius 2 is 1.71 bits per heavy atom. The van der Waals surface area contributed by atoms with Crippen LogP contribution in [0.15, 0.2) is 67.0 Å². The first kappa shape index (κ1) is 15.9. The molecule has 2 aromatic carbocycles. The molecule has 2 unspecified atom stereocenters. The Morgan fingerprint density at radius 1 is 1.00 bits per heavy atom. The van der Waals surface area contributed by atoms with Crippen LogP contribution in [0.5, 0.6) is 0 Å². The normalized spacial score (nSPS) is 13.2. The highest BCUT2D eigenvalue weighted by atomic mass is 16.3. The van der Waals surface area contributed by atoms with E-state index in [1.165, 1.54) is 0 Å². The zero-order chi connectivity index (χ0) is 16.9. The SMILES string of the molecule is N#Cc1ccc(C(O)Cn2ccnc2C(O)c2ccccc2)cc1. The van der Waals surface area contributed by atoms with Crippen molar-refractivity contribution in [2.75, 3.05) is 0 Å². The number of nitrogens with zero attached hydrogens (tertiary/aromatic N) is 3. The summed E-state index contributed by atoms with van der Waals surface area (Å²) in [6.07, 6.45) is 1.73. The number of aliphatic hydroxyl groups excluding tert-OH is 2. The fraction of sp³-hybridized carbons (Fsp3) is 0.158. The Kier molecular flexibility index (Phi) is 4.71. The molecule has 0 saturated heterocycles. The molecule has 1 aromatic heterocycles. The van der Waals surface area contributed by atoms with E-state index in [-0.39, 0.29) is 6.54 Å². The highest BCUT2D eigenvalue weighted by molar-refractivity contribution is 5.32. The average molecular weight is 319 g/mol. The van der Waals surface area contributed by atoms with Gasteiger partial charge in [0.15, 0.2) is 0 Å². The maximum Gasteiger partial charge on any atom is 0.142 e. The molecule has 5 heteroatoms. The molecule has 0 bridgehead atoms. The van der Waals surface area contributed by atoms with Gasteiger partial charge in [-0.15, -0.1) is 0 Å². The van der Waals surface area contributed by atoms with E-state index in [9.17, 15) is 10.2 Å². The molecule has 24 heavy (non-hydrogen) atoms. The van der Waals surface area contributed by atoms with E-state index in [2.05, 4.69) is 11.1 Å². The second-order valence-electron chi connectivity index (χ2n) is 5.50. The second kappa shape index (κ2) is 7.09. The van der Waals surface area contributed by atoms with Gasteiger partial charge in [-0.25, -0.2) is 4.98 Å². The zero-order valence-electron chi connectivity index (χ0n) is 12.9. The van der Waals surface area contributed by atoms with Gasteiger partial charge >= 0.3 is 0 Å². The minimum Gasteiger partial charge on any atom is -0.387 e. The number of hydrogen-bond acceptors (Lipinski definition) is 4. The van der Waals surface area contributed by atoms with Gasteiger partial charge in [0.05, 0.1) is 24.3 Å². The first-order valence-electron chi connectivity index (χ1n) is 7.61. The number of rotatable bonds is 5. The van der Waals surface area contributed by atoms with Gasteiger partial charge in [-0.2, -0.15) is 5.26 Å². The molecule has 3 aromatic rings. The van der Waals surface area contributed by atoms with E-state index in [1.807, 2.05) is 30.3 Å². The van der Waals surface area contributed by atoms with Crippen molar-refractivity contribution >= 4 is 0 Å². The maximum absolute atomic E-state index is 10.5. The molecule has 120 valence electrons. The van der Waals surface area contributed by atoms with E-state index >= 15 is 0 Å². The van der Waals surface area contributed by atoms with Crippen molar-refractivity contribution in [1.82, 2.24) is 9.55 Å². The minimum absolute atomic E-state index is 0.269. The lowest BCUT2D eigenvalue weighted by Gasteiger charge is -2.17. The first-order valence-corrected chi connectivity index (χ1v) is 7.61. The van der Waals surface area contributed by atoms with E-state index < -0.39 is 12.2 Å². The average Bonchev–Trinajstić information content (AvgIpc) is 3.10. The largest absolute Gasteiger partial charge is 0.387 e. The molecule has 0 aliphatic carbocycles. The van der Waals surface area contributed by atoms with Gasteiger partial charge in [-0.05, 0) is 23.3 Å². The molecule has 0 aliphatic rings. The van der Waals surface area contributed by atoms with Gasteiger partial charge in [0.1, 0.15) is 11.9 Å². The van der Waals surface area contributed by atoms with Crippen molar-refractivity contribution in [3.05, 3.63) is 89.5 Å². The summed E-state index contributed by atoms with van der Waals surface area (Å²) >= 11 is 0. The van der Waals surface area contributed by atoms with Gasteiger partial charge in [0.25, 0.3) is 0 Å². The smallest absolute Gasteiger partial charge is 0.142 e. The van der Waals surface area contributed by atoms with Crippen LogP contribution in [0.4, 0.5) is 0 Å². The molecule has 0 radical (unpaired) electrons. The molecule has 3 rings (SSSR count). The molecular weight excluding hydrogens is 302 g/mol. The van der Waals surface area contributed by atoms with Gasteiger partial charge in [0.2, 0.25) is 0 Å². The second-order valence-corrected chi connectivity index (χ2v) is 5.50. The molecule has 1 heterocycles. The summed E-state index contributed by atoms with van der Waals surface area (Å²) in [5.41, 5.74) is 2.01. The zero-order valence-corrected chi connectivity index (χ0v) is 12.9. The minimum atomic E-state index is -0.852. The molecule has 0 amide bonds. The van der Waals surface area contributed by atoms with E-state index in [1.54, 1.807) is 41.2 Å². The van der Waals surface area contributed by atoms with Gasteiger partial charge in [0, 0.05) is 12.4 Å². The number of imidazole rings is 1. The molecule has 5 nitrogen and oxygen atoms in total. The molecule has 0 fully saturated rings. The van der Waals surface area contributed by atoms with Crippen LogP contribution >= 0.6 is 0 Å². The molecule has 0 saturated carbocycles. The van der Waals surface area contributed by atoms with E-state index in [0.29, 0.717) is 17.0 Å². The van der Waals surface area contributed by atoms with Gasteiger partial charge in [-0.1, -0.05) is 42.5 Å². The summed E-state index contributed by atoms with van der Waals surface area (Å²) < 4.78 is 1.74. The van der Waals surface area contributed by atoms with Crippen LogP contribution in [0.2, 0.25) is 0 Å². The molecule has 0 spiro atoms. The van der Waals surface area contributed by atoms with Crippen molar-refractivity contribution in [1.29, 1.82) is 5.26 Å². The Balaban J connectivity index is 1.79. The summed E-state index contributed by atoms with van der Waals surface area (Å²) in [5, 5.41) is 29.8. The lowest BCUT2D eigenvalue weighted by Crippen LogP contribution is -2.14. The Hall–Kier alpha value is -2.94. The van der Waals surface area contributed by atoms with Crippen LogP contribution in [0.1, 0.15) is 34.7 Å². The van der Waals surface area contributed by atoms with Gasteiger partial charge < -0.3 is 14.8 Å². The van der Waals surface area contributed by atoms with Crippen molar-refractivity contribution in [2.24, 2.45) is 0 Å². The predicted octanol–water partition coefficient (Wildman–Crippen LogP) is 2.57. The van der Waals surface area contributed by atoms with E-state index in [4.69, 9.17) is 5.26 Å².